The summed E-state index contributed by atoms with van der Waals surface area (Å²) in [5, 5.41) is 52.0. The summed E-state index contributed by atoms with van der Waals surface area (Å²) >= 11 is 8.66. The van der Waals surface area contributed by atoms with Gasteiger partial charge in [0.1, 0.15) is 35.6 Å². The number of aliphatic hydroxyl groups excluding tert-OH is 2. The number of nitrogens with zero attached hydrogens (tertiary/aromatic N) is 4. The number of nitrogens with one attached hydrogen (secondary N) is 1. The molecule has 0 spiro atoms. The monoisotopic (exact) mass is 1450 g/mol. The van der Waals surface area contributed by atoms with Crippen LogP contribution in [0.15, 0.2) is 83.8 Å². The van der Waals surface area contributed by atoms with E-state index in [0.29, 0.717) is 54.2 Å². The number of pyridine rings is 1. The lowest BCUT2D eigenvalue weighted by Gasteiger charge is -2.49. The van der Waals surface area contributed by atoms with Crippen molar-refractivity contribution in [3.8, 4) is 0 Å². The molecule has 22 nitrogen and oxygen atoms in total. The predicted octanol–water partition coefficient (Wildman–Crippen LogP) is 8.12. The number of anilines is 1. The van der Waals surface area contributed by atoms with Gasteiger partial charge in [-0.05, 0) is 147 Å². The zero-order valence-electron chi connectivity index (χ0n) is 56.8. The fraction of sp³-hybridized carbons (Fsp3) is 0.657. The molecule has 4 heterocycles. The third-order valence-corrected chi connectivity index (χ3v) is 21.1. The molecule has 3 aromatic carbocycles. The van der Waals surface area contributed by atoms with Crippen LogP contribution in [0.2, 0.25) is 5.02 Å². The first-order valence-corrected chi connectivity index (χ1v) is 34.6. The minimum Gasteiger partial charge on any atom is -0.461 e. The van der Waals surface area contributed by atoms with Crippen molar-refractivity contribution < 1.29 is 77.4 Å². The first-order valence-electron chi connectivity index (χ1n) is 33.0. The highest BCUT2D eigenvalue weighted by Gasteiger charge is 2.54. The second-order valence-electron chi connectivity index (χ2n) is 27.5. The van der Waals surface area contributed by atoms with Gasteiger partial charge in [-0.1, -0.05) is 86.1 Å². The average Bonchev–Trinajstić information content (AvgIpc) is 1.34. The SMILES string of the molecule is CO[C@]1(C)C[C@H](O[C@H]2[C@H](C)[C@@H](O[C@@H]3O[C@H](C)C[C@H](N(C)C)[C@H]3O)[C@](C)(O)C[C@@H](C)CN(C)[C@H](C)[C@@H](O)[C@](C)(O)[C@@H](I)OC(=O)[C@@H]2C)O[C@@H](C)[C@@H]1OC(=O)CCOCCNc1cc2c(=O)c(C(=O)OCCN(Cc3ccccc3)Cc3ccccc3)cn(C3CC3)c2cc1Cl. The topological polar surface area (TPSA) is 259 Å². The van der Waals surface area contributed by atoms with Crippen LogP contribution in [-0.4, -0.2) is 214 Å². The van der Waals surface area contributed by atoms with E-state index in [1.165, 1.54) is 14.0 Å². The Labute approximate surface area is 572 Å². The average molecular weight is 1450 g/mol. The third kappa shape index (κ3) is 18.9. The maximum Gasteiger partial charge on any atom is 0.343 e. The number of carbonyl (C=O) groups is 3. The van der Waals surface area contributed by atoms with E-state index < -0.39 is 111 Å². The number of fused-ring (bicyclic) bond motifs is 1. The number of ether oxygens (including phenoxy) is 9. The van der Waals surface area contributed by atoms with Crippen molar-refractivity contribution in [1.82, 2.24) is 19.3 Å². The standard InChI is InChI=1S/C70H101ClIN5O17/c1-41-35-68(7,84)62(93-66-59(80)55(74(10)11)32-42(2)89-66)43(3)60(44(4)64(82)94-67(72)70(9,85)61(81)45(5)75(12)37-41)92-57-36-69(8,86-13)63(46(6)90-57)91-56(78)26-29-87-30-27-73-53-33-50-54(34-52(53)71)77(49-24-25-49)40-51(58(50)79)65(83)88-31-28-76(38-47-20-16-14-17-21-47)39-48-22-18-15-19-23-48/h14-23,33-34,40-46,49,55,57,59-63,66-67,73,80-81,84-85H,24-32,35-39H2,1-13H3/t41-,42-,43+,44-,45-,46+,55+,57+,59-,60+,61-,62-,63+,66+,67+,68-,69-,70+/m1/s1. The fourth-order valence-electron chi connectivity index (χ4n) is 13.6. The lowest BCUT2D eigenvalue weighted by atomic mass is 9.77. The maximum atomic E-state index is 14.5. The number of halogens is 2. The van der Waals surface area contributed by atoms with E-state index in [9.17, 15) is 39.6 Å². The number of carbonyl (C=O) groups excluding carboxylic acids is 3. The summed E-state index contributed by atoms with van der Waals surface area (Å²) in [6, 6.07) is 22.7. The molecule has 1 aliphatic carbocycles. The zero-order chi connectivity index (χ0) is 68.6. The van der Waals surface area contributed by atoms with Crippen molar-refractivity contribution in [2.75, 3.05) is 73.0 Å². The van der Waals surface area contributed by atoms with Crippen LogP contribution in [0, 0.1) is 17.8 Å². The van der Waals surface area contributed by atoms with E-state index in [2.05, 4.69) is 34.5 Å². The van der Waals surface area contributed by atoms with Crippen molar-refractivity contribution in [2.45, 2.75) is 208 Å². The Bertz CT molecular complexity index is 3160. The highest BCUT2D eigenvalue weighted by molar-refractivity contribution is 14.1. The van der Waals surface area contributed by atoms with Gasteiger partial charge in [-0.2, -0.15) is 0 Å². The summed E-state index contributed by atoms with van der Waals surface area (Å²) < 4.78 is 57.3. The molecule has 94 heavy (non-hydrogen) atoms. The highest BCUT2D eigenvalue weighted by Crippen LogP contribution is 2.42. The van der Waals surface area contributed by atoms with Crippen molar-refractivity contribution in [2.24, 2.45) is 17.8 Å². The number of likely N-dealkylation sites (N-methyl/N-ethyl adjacent to an activating group) is 2. The molecule has 24 heteroatoms. The van der Waals surface area contributed by atoms with Crippen molar-refractivity contribution in [3.05, 3.63) is 111 Å². The van der Waals surface area contributed by atoms with Crippen LogP contribution in [0.1, 0.15) is 128 Å². The molecule has 0 amide bonds. The lowest BCUT2D eigenvalue weighted by molar-refractivity contribution is -0.318. The molecule has 18 atom stereocenters. The van der Waals surface area contributed by atoms with E-state index in [1.807, 2.05) is 108 Å². The molecule has 0 radical (unpaired) electrons. The van der Waals surface area contributed by atoms with Crippen LogP contribution in [0.5, 0.6) is 0 Å². The van der Waals surface area contributed by atoms with E-state index >= 15 is 0 Å². The number of rotatable bonds is 23. The molecular weight excluding hydrogens is 1350 g/mol. The van der Waals surface area contributed by atoms with Gasteiger partial charge in [0.05, 0.1) is 71.8 Å². The van der Waals surface area contributed by atoms with Gasteiger partial charge >= 0.3 is 17.9 Å². The van der Waals surface area contributed by atoms with E-state index in [0.717, 1.165) is 24.0 Å². The molecule has 0 bridgehead atoms. The number of aliphatic hydroxyl groups is 4. The Morgan fingerprint density at radius 2 is 1.51 bits per heavy atom. The predicted molar refractivity (Wildman–Crippen MR) is 364 cm³/mol. The van der Waals surface area contributed by atoms with Crippen molar-refractivity contribution in [1.29, 1.82) is 0 Å². The molecule has 3 saturated heterocycles. The largest absolute Gasteiger partial charge is 0.461 e. The van der Waals surface area contributed by atoms with Crippen LogP contribution < -0.4 is 10.7 Å². The minimum absolute atomic E-state index is 0.00359. The van der Waals surface area contributed by atoms with Crippen LogP contribution in [-0.2, 0) is 65.3 Å². The summed E-state index contributed by atoms with van der Waals surface area (Å²) in [7, 11) is 7.04. The Hall–Kier alpha value is -4.42. The third-order valence-electron chi connectivity index (χ3n) is 19.3. The maximum absolute atomic E-state index is 14.5. The van der Waals surface area contributed by atoms with Gasteiger partial charge in [0, 0.05) is 81.9 Å². The van der Waals surface area contributed by atoms with Gasteiger partial charge in [0.2, 0.25) is 5.43 Å². The first-order chi connectivity index (χ1) is 44.4. The van der Waals surface area contributed by atoms with Crippen molar-refractivity contribution >= 4 is 68.7 Å². The zero-order valence-corrected chi connectivity index (χ0v) is 59.7. The number of hydrogen-bond acceptors (Lipinski definition) is 21. The molecule has 0 unspecified atom stereocenters. The molecule has 8 rings (SSSR count). The van der Waals surface area contributed by atoms with Crippen LogP contribution in [0.25, 0.3) is 10.9 Å². The summed E-state index contributed by atoms with van der Waals surface area (Å²) in [6.07, 6.45) is -5.19. The van der Waals surface area contributed by atoms with Gasteiger partial charge in [0.15, 0.2) is 22.8 Å². The first kappa shape index (κ1) is 75.4. The van der Waals surface area contributed by atoms with Gasteiger partial charge in [0.25, 0.3) is 0 Å². The number of alkyl halides is 1. The van der Waals surface area contributed by atoms with Crippen LogP contribution >= 0.6 is 34.2 Å². The summed E-state index contributed by atoms with van der Waals surface area (Å²) in [6.45, 7) is 18.2. The van der Waals surface area contributed by atoms with E-state index in [4.69, 9.17) is 54.2 Å². The second-order valence-corrected chi connectivity index (χ2v) is 29.1. The second kappa shape index (κ2) is 33.0. The Kier molecular flexibility index (Phi) is 26.4. The lowest BCUT2D eigenvalue weighted by Crippen LogP contribution is -2.61. The molecular formula is C70H101ClIN5O17. The number of benzene rings is 3. The highest BCUT2D eigenvalue weighted by atomic mass is 127. The molecule has 522 valence electrons. The van der Waals surface area contributed by atoms with Gasteiger partial charge in [-0.3, -0.25) is 19.3 Å². The normalized spacial score (nSPS) is 33.4. The number of methoxy groups -OCH3 is 1. The van der Waals surface area contributed by atoms with Gasteiger partial charge < -0.3 is 82.7 Å². The molecule has 1 saturated carbocycles. The fourth-order valence-corrected chi connectivity index (χ4v) is 14.5. The van der Waals surface area contributed by atoms with Crippen LogP contribution in [0.3, 0.4) is 0 Å². The van der Waals surface area contributed by atoms with Gasteiger partial charge in [-0.25, -0.2) is 4.79 Å². The summed E-state index contributed by atoms with van der Waals surface area (Å²) in [4.78, 5) is 62.2. The van der Waals surface area contributed by atoms with E-state index in [1.54, 1.807) is 59.9 Å². The quantitative estimate of drug-likeness (QED) is 0.0154. The summed E-state index contributed by atoms with van der Waals surface area (Å²) in [5.41, 5.74) is -1.95. The Balaban J connectivity index is 0.904. The molecule has 1 aromatic heterocycles. The Morgan fingerprint density at radius 3 is 2.13 bits per heavy atom. The molecule has 3 aliphatic heterocycles. The summed E-state index contributed by atoms with van der Waals surface area (Å²) in [5.74, 6) is -4.26. The number of cyclic esters (lactones) is 1. The molecule has 4 fully saturated rings. The molecule has 5 N–H and O–H groups in total. The number of esters is 3. The number of aromatic nitrogens is 1. The molecule has 4 aromatic rings. The number of hydrogen-bond donors (Lipinski definition) is 5. The minimum atomic E-state index is -1.90. The molecule has 4 aliphatic rings. The van der Waals surface area contributed by atoms with Crippen LogP contribution in [0.4, 0.5) is 5.69 Å². The van der Waals surface area contributed by atoms with Gasteiger partial charge in [-0.15, -0.1) is 0 Å². The van der Waals surface area contributed by atoms with Crippen molar-refractivity contribution in [3.63, 3.8) is 0 Å². The Morgan fingerprint density at radius 1 is 0.862 bits per heavy atom. The smallest absolute Gasteiger partial charge is 0.343 e. The van der Waals surface area contributed by atoms with E-state index in [-0.39, 0.29) is 75.3 Å².